The fraction of sp³-hybridized carbons (Fsp3) is 0.250. The van der Waals surface area contributed by atoms with Crippen molar-refractivity contribution in [2.45, 2.75) is 6.42 Å². The normalized spacial score (nSPS) is 14.1. The molecule has 0 unspecified atom stereocenters. The van der Waals surface area contributed by atoms with Gasteiger partial charge in [0.15, 0.2) is 0 Å². The van der Waals surface area contributed by atoms with Crippen LogP contribution in [0.25, 0.3) is 10.6 Å². The molecule has 27 heavy (non-hydrogen) atoms. The lowest BCUT2D eigenvalue weighted by molar-refractivity contribution is -0.115. The summed E-state index contributed by atoms with van der Waals surface area (Å²) in [6, 6.07) is 11.8. The Morgan fingerprint density at radius 1 is 1.19 bits per heavy atom. The van der Waals surface area contributed by atoms with E-state index in [4.69, 9.17) is 4.74 Å². The predicted octanol–water partition coefficient (Wildman–Crippen LogP) is 3.22. The minimum Gasteiger partial charge on any atom is -0.378 e. The highest BCUT2D eigenvalue weighted by molar-refractivity contribution is 7.13. The molecule has 1 N–H and O–H groups in total. The predicted molar refractivity (Wildman–Crippen MR) is 107 cm³/mol. The molecule has 1 saturated heterocycles. The summed E-state index contributed by atoms with van der Waals surface area (Å²) in [5, 5.41) is 5.74. The minimum absolute atomic E-state index is 0.0721. The maximum atomic E-state index is 12.3. The zero-order valence-corrected chi connectivity index (χ0v) is 15.6. The number of pyridine rings is 1. The highest BCUT2D eigenvalue weighted by atomic mass is 32.1. The summed E-state index contributed by atoms with van der Waals surface area (Å²) in [5.74, 6) is -0.0721. The molecule has 1 amide bonds. The molecule has 6 nitrogen and oxygen atoms in total. The first-order valence-corrected chi connectivity index (χ1v) is 9.73. The first-order chi connectivity index (χ1) is 13.3. The molecular weight excluding hydrogens is 360 g/mol. The van der Waals surface area contributed by atoms with Gasteiger partial charge >= 0.3 is 0 Å². The Hall–Kier alpha value is -2.77. The Labute approximate surface area is 161 Å². The Bertz CT molecular complexity index is 890. The summed E-state index contributed by atoms with van der Waals surface area (Å²) >= 11 is 1.52. The molecule has 4 rings (SSSR count). The largest absolute Gasteiger partial charge is 0.378 e. The number of rotatable bonds is 5. The van der Waals surface area contributed by atoms with Gasteiger partial charge in [-0.15, -0.1) is 11.3 Å². The van der Waals surface area contributed by atoms with E-state index in [-0.39, 0.29) is 12.3 Å². The maximum Gasteiger partial charge on any atom is 0.230 e. The number of benzene rings is 1. The van der Waals surface area contributed by atoms with E-state index in [0.29, 0.717) is 0 Å². The van der Waals surface area contributed by atoms with Gasteiger partial charge in [-0.1, -0.05) is 0 Å². The molecule has 0 radical (unpaired) electrons. The lowest BCUT2D eigenvalue weighted by atomic mass is 10.2. The molecule has 0 spiro atoms. The van der Waals surface area contributed by atoms with Gasteiger partial charge in [-0.3, -0.25) is 9.78 Å². The molecule has 3 heterocycles. The van der Waals surface area contributed by atoms with Gasteiger partial charge in [0.2, 0.25) is 5.91 Å². The first-order valence-electron chi connectivity index (χ1n) is 8.85. The number of carbonyl (C=O) groups is 1. The van der Waals surface area contributed by atoms with Crippen molar-refractivity contribution in [1.82, 2.24) is 9.97 Å². The van der Waals surface area contributed by atoms with Crippen molar-refractivity contribution in [3.63, 3.8) is 0 Å². The Balaban J connectivity index is 1.35. The molecule has 138 valence electrons. The first kappa shape index (κ1) is 17.6. The van der Waals surface area contributed by atoms with E-state index in [1.165, 1.54) is 11.3 Å². The molecular formula is C20H20N4O2S. The molecule has 0 bridgehead atoms. The smallest absolute Gasteiger partial charge is 0.230 e. The van der Waals surface area contributed by atoms with Crippen LogP contribution in [-0.4, -0.2) is 42.2 Å². The van der Waals surface area contributed by atoms with Crippen molar-refractivity contribution in [3.05, 3.63) is 59.9 Å². The van der Waals surface area contributed by atoms with Crippen LogP contribution in [0.15, 0.2) is 54.2 Å². The Morgan fingerprint density at radius 3 is 2.74 bits per heavy atom. The van der Waals surface area contributed by atoms with E-state index in [1.54, 1.807) is 12.4 Å². The molecule has 1 aliphatic heterocycles. The highest BCUT2D eigenvalue weighted by Gasteiger charge is 2.12. The summed E-state index contributed by atoms with van der Waals surface area (Å²) in [4.78, 5) is 23.3. The SMILES string of the molecule is O=C(Cc1csc(-c2cccnc2)n1)Nc1ccc(N2CCOCC2)cc1. The molecule has 1 aliphatic rings. The fourth-order valence-electron chi connectivity index (χ4n) is 2.96. The molecule has 7 heteroatoms. The maximum absolute atomic E-state index is 12.3. The van der Waals surface area contributed by atoms with Crippen molar-refractivity contribution in [2.24, 2.45) is 0 Å². The van der Waals surface area contributed by atoms with Crippen molar-refractivity contribution >= 4 is 28.6 Å². The number of carbonyl (C=O) groups excluding carboxylic acids is 1. The second-order valence-electron chi connectivity index (χ2n) is 6.26. The van der Waals surface area contributed by atoms with Crippen LogP contribution in [0.5, 0.6) is 0 Å². The molecule has 0 saturated carbocycles. The quantitative estimate of drug-likeness (QED) is 0.736. The minimum atomic E-state index is -0.0721. The number of ether oxygens (including phenoxy) is 1. The molecule has 1 fully saturated rings. The number of nitrogens with one attached hydrogen (secondary N) is 1. The summed E-state index contributed by atoms with van der Waals surface area (Å²) in [7, 11) is 0. The van der Waals surface area contributed by atoms with E-state index in [2.05, 4.69) is 20.2 Å². The summed E-state index contributed by atoms with van der Waals surface area (Å²) in [5.41, 5.74) is 3.67. The summed E-state index contributed by atoms with van der Waals surface area (Å²) < 4.78 is 5.38. The molecule has 0 atom stereocenters. The number of hydrogen-bond donors (Lipinski definition) is 1. The standard InChI is InChI=1S/C20H20N4O2S/c25-19(12-17-14-27-20(23-17)15-2-1-7-21-13-15)22-16-3-5-18(6-4-16)24-8-10-26-11-9-24/h1-7,13-14H,8-12H2,(H,22,25). The van der Waals surface area contributed by atoms with Gasteiger partial charge in [0.25, 0.3) is 0 Å². The van der Waals surface area contributed by atoms with Gasteiger partial charge in [-0.05, 0) is 36.4 Å². The topological polar surface area (TPSA) is 67.4 Å². The third-order valence-corrected chi connectivity index (χ3v) is 5.27. The van der Waals surface area contributed by atoms with Crippen molar-refractivity contribution in [1.29, 1.82) is 0 Å². The van der Waals surface area contributed by atoms with Crippen LogP contribution in [0, 0.1) is 0 Å². The highest BCUT2D eigenvalue weighted by Crippen LogP contribution is 2.23. The Morgan fingerprint density at radius 2 is 2.00 bits per heavy atom. The van der Waals surface area contributed by atoms with E-state index >= 15 is 0 Å². The monoisotopic (exact) mass is 380 g/mol. The van der Waals surface area contributed by atoms with Gasteiger partial charge in [-0.2, -0.15) is 0 Å². The summed E-state index contributed by atoms with van der Waals surface area (Å²) in [6.07, 6.45) is 3.76. The zero-order valence-electron chi connectivity index (χ0n) is 14.8. The second kappa shape index (κ2) is 8.28. The number of amides is 1. The van der Waals surface area contributed by atoms with Crippen molar-refractivity contribution < 1.29 is 9.53 Å². The number of morpholine rings is 1. The van der Waals surface area contributed by atoms with Crippen LogP contribution in [0.4, 0.5) is 11.4 Å². The second-order valence-corrected chi connectivity index (χ2v) is 7.12. The van der Waals surface area contributed by atoms with Crippen LogP contribution in [0.1, 0.15) is 5.69 Å². The average Bonchev–Trinajstić information content (AvgIpc) is 3.18. The van der Waals surface area contributed by atoms with Gasteiger partial charge in [0.1, 0.15) is 5.01 Å². The van der Waals surface area contributed by atoms with Crippen molar-refractivity contribution in [2.75, 3.05) is 36.5 Å². The average molecular weight is 380 g/mol. The molecule has 0 aliphatic carbocycles. The van der Waals surface area contributed by atoms with Gasteiger partial charge in [0, 0.05) is 47.8 Å². The molecule has 3 aromatic rings. The zero-order chi connectivity index (χ0) is 18.5. The van der Waals surface area contributed by atoms with Crippen LogP contribution in [-0.2, 0) is 16.0 Å². The van der Waals surface area contributed by atoms with Gasteiger partial charge in [0.05, 0.1) is 25.3 Å². The number of aromatic nitrogens is 2. The van der Waals surface area contributed by atoms with Crippen LogP contribution < -0.4 is 10.2 Å². The number of anilines is 2. The molecule has 1 aromatic carbocycles. The number of nitrogens with zero attached hydrogens (tertiary/aromatic N) is 3. The lowest BCUT2D eigenvalue weighted by Crippen LogP contribution is -2.36. The van der Waals surface area contributed by atoms with Crippen LogP contribution in [0.3, 0.4) is 0 Å². The number of thiazole rings is 1. The van der Waals surface area contributed by atoms with Crippen LogP contribution in [0.2, 0.25) is 0 Å². The lowest BCUT2D eigenvalue weighted by Gasteiger charge is -2.28. The fourth-order valence-corrected chi connectivity index (χ4v) is 3.77. The molecule has 2 aromatic heterocycles. The van der Waals surface area contributed by atoms with E-state index < -0.39 is 0 Å². The van der Waals surface area contributed by atoms with E-state index in [9.17, 15) is 4.79 Å². The third-order valence-electron chi connectivity index (χ3n) is 4.33. The number of hydrogen-bond acceptors (Lipinski definition) is 6. The van der Waals surface area contributed by atoms with Crippen molar-refractivity contribution in [3.8, 4) is 10.6 Å². The Kier molecular flexibility index (Phi) is 5.41. The third kappa shape index (κ3) is 4.50. The van der Waals surface area contributed by atoms with Crippen LogP contribution >= 0.6 is 11.3 Å². The van der Waals surface area contributed by atoms with E-state index in [0.717, 1.165) is 53.9 Å². The van der Waals surface area contributed by atoms with E-state index in [1.807, 2.05) is 41.8 Å². The summed E-state index contributed by atoms with van der Waals surface area (Å²) in [6.45, 7) is 3.31. The van der Waals surface area contributed by atoms with Gasteiger partial charge < -0.3 is 15.0 Å². The van der Waals surface area contributed by atoms with Gasteiger partial charge in [-0.25, -0.2) is 4.98 Å².